The number of carbonyl (C=O) groups is 3. The van der Waals surface area contributed by atoms with Gasteiger partial charge in [-0.05, 0) is 30.2 Å². The van der Waals surface area contributed by atoms with E-state index < -0.39 is 23.8 Å². The van der Waals surface area contributed by atoms with Crippen molar-refractivity contribution < 1.29 is 33.4 Å². The Balaban J connectivity index is 1.44. The van der Waals surface area contributed by atoms with Gasteiger partial charge in [-0.3, -0.25) is 19.3 Å². The monoisotopic (exact) mass is 485 g/mol. The predicted octanol–water partition coefficient (Wildman–Crippen LogP) is 1.91. The number of fused-ring (bicyclic) bond motifs is 1. The van der Waals surface area contributed by atoms with Gasteiger partial charge in [0.15, 0.2) is 0 Å². The van der Waals surface area contributed by atoms with E-state index in [1.54, 1.807) is 24.3 Å². The van der Waals surface area contributed by atoms with Gasteiger partial charge in [-0.1, -0.05) is 18.2 Å². The molecule has 0 radical (unpaired) electrons. The van der Waals surface area contributed by atoms with Crippen molar-refractivity contribution in [3.63, 3.8) is 0 Å². The van der Waals surface area contributed by atoms with E-state index in [-0.39, 0.29) is 31.8 Å². The quantitative estimate of drug-likeness (QED) is 0.527. The number of rotatable bonds is 10. The number of ether oxygens (including phenoxy) is 2. The second-order valence-corrected chi connectivity index (χ2v) is 8.67. The number of carboxylic acid groups (broad SMARTS) is 1. The lowest BCUT2D eigenvalue weighted by Crippen LogP contribution is -2.45. The average Bonchev–Trinajstić information content (AvgIpc) is 3.16. The van der Waals surface area contributed by atoms with Crippen molar-refractivity contribution >= 4 is 17.8 Å². The number of nitrogens with zero attached hydrogens (tertiary/aromatic N) is 2. The zero-order valence-electron chi connectivity index (χ0n) is 19.2. The number of halogens is 1. The third-order valence-corrected chi connectivity index (χ3v) is 6.30. The van der Waals surface area contributed by atoms with Crippen LogP contribution in [0, 0.1) is 5.82 Å². The molecule has 186 valence electrons. The van der Waals surface area contributed by atoms with E-state index in [9.17, 15) is 18.8 Å². The Hall–Kier alpha value is -3.50. The molecule has 1 fully saturated rings. The van der Waals surface area contributed by atoms with Gasteiger partial charge in [0.2, 0.25) is 5.91 Å². The van der Waals surface area contributed by atoms with Crippen LogP contribution >= 0.6 is 0 Å². The molecule has 0 aliphatic carbocycles. The Kier molecular flexibility index (Phi) is 7.62. The lowest BCUT2D eigenvalue weighted by atomic mass is 10.1. The molecule has 2 aromatic carbocycles. The molecule has 0 saturated carbocycles. The molecule has 35 heavy (non-hydrogen) atoms. The summed E-state index contributed by atoms with van der Waals surface area (Å²) < 4.78 is 26.0. The Morgan fingerprint density at radius 1 is 1.20 bits per heavy atom. The minimum atomic E-state index is -1.08. The fourth-order valence-corrected chi connectivity index (χ4v) is 4.40. The summed E-state index contributed by atoms with van der Waals surface area (Å²) in [6, 6.07) is 8.97. The number of carbonyl (C=O) groups excluding carboxylic acids is 2. The normalized spacial score (nSPS) is 16.7. The second-order valence-electron chi connectivity index (χ2n) is 8.67. The highest BCUT2D eigenvalue weighted by atomic mass is 19.1. The van der Waals surface area contributed by atoms with E-state index in [4.69, 9.17) is 20.3 Å². The fourth-order valence-electron chi connectivity index (χ4n) is 4.40. The Morgan fingerprint density at radius 3 is 2.66 bits per heavy atom. The van der Waals surface area contributed by atoms with Crippen molar-refractivity contribution in [2.24, 2.45) is 5.73 Å². The number of carboxylic acids is 1. The van der Waals surface area contributed by atoms with Crippen molar-refractivity contribution in [1.29, 1.82) is 0 Å². The largest absolute Gasteiger partial charge is 0.488 e. The van der Waals surface area contributed by atoms with E-state index >= 15 is 0 Å². The Bertz CT molecular complexity index is 1120. The summed E-state index contributed by atoms with van der Waals surface area (Å²) in [6.07, 6.45) is -0.375. The maximum atomic E-state index is 14.8. The third kappa shape index (κ3) is 5.77. The SMILES string of the molecule is NC(=O)[C@H](CCC(=O)O)N1Cc2c(OCc3ccc(CN4CCOCC4)cc3F)cccc2C1=O. The van der Waals surface area contributed by atoms with Crippen LogP contribution in [0.15, 0.2) is 36.4 Å². The lowest BCUT2D eigenvalue weighted by molar-refractivity contribution is -0.137. The first kappa shape index (κ1) is 24.6. The fraction of sp³-hybridized carbons (Fsp3) is 0.400. The molecule has 1 atom stereocenters. The number of nitrogens with two attached hydrogens (primary N) is 1. The number of amides is 2. The van der Waals surface area contributed by atoms with Gasteiger partial charge in [-0.25, -0.2) is 4.39 Å². The highest BCUT2D eigenvalue weighted by Gasteiger charge is 2.37. The van der Waals surface area contributed by atoms with Crippen LogP contribution in [-0.4, -0.2) is 65.0 Å². The standard InChI is InChI=1S/C25H28FN3O6/c26-20-12-16(13-28-8-10-34-11-9-28)4-5-17(20)15-35-22-3-1-2-18-19(22)14-29(25(18)33)21(24(27)32)6-7-23(30)31/h1-5,12,21H,6-11,13-15H2,(H2,27,32)(H,30,31)/t21-/m0/s1. The number of aliphatic carboxylic acids is 1. The minimum absolute atomic E-state index is 0.0351. The van der Waals surface area contributed by atoms with E-state index in [1.807, 2.05) is 6.07 Å². The second kappa shape index (κ2) is 10.8. The third-order valence-electron chi connectivity index (χ3n) is 6.30. The first-order chi connectivity index (χ1) is 16.8. The van der Waals surface area contributed by atoms with Crippen LogP contribution in [0.3, 0.4) is 0 Å². The lowest BCUT2D eigenvalue weighted by Gasteiger charge is -2.26. The molecule has 10 heteroatoms. The zero-order valence-corrected chi connectivity index (χ0v) is 19.2. The molecule has 2 amide bonds. The molecule has 0 spiro atoms. The van der Waals surface area contributed by atoms with Gasteiger partial charge < -0.3 is 25.2 Å². The first-order valence-corrected chi connectivity index (χ1v) is 11.5. The van der Waals surface area contributed by atoms with E-state index in [1.165, 1.54) is 11.0 Å². The van der Waals surface area contributed by atoms with Crippen molar-refractivity contribution in [2.75, 3.05) is 26.3 Å². The average molecular weight is 486 g/mol. The highest BCUT2D eigenvalue weighted by molar-refractivity contribution is 6.01. The summed E-state index contributed by atoms with van der Waals surface area (Å²) in [6.45, 7) is 3.65. The molecule has 2 aliphatic heterocycles. The number of morpholine rings is 1. The van der Waals surface area contributed by atoms with Gasteiger partial charge in [0.1, 0.15) is 24.2 Å². The molecular weight excluding hydrogens is 457 g/mol. The summed E-state index contributed by atoms with van der Waals surface area (Å²) >= 11 is 0. The van der Waals surface area contributed by atoms with E-state index in [0.29, 0.717) is 42.2 Å². The molecule has 0 bridgehead atoms. The molecular formula is C25H28FN3O6. The van der Waals surface area contributed by atoms with Crippen LogP contribution < -0.4 is 10.5 Å². The van der Waals surface area contributed by atoms with Crippen LogP contribution in [0.25, 0.3) is 0 Å². The van der Waals surface area contributed by atoms with Crippen molar-refractivity contribution in [1.82, 2.24) is 9.80 Å². The van der Waals surface area contributed by atoms with Crippen LogP contribution in [0.2, 0.25) is 0 Å². The van der Waals surface area contributed by atoms with Gasteiger partial charge >= 0.3 is 5.97 Å². The van der Waals surface area contributed by atoms with Crippen LogP contribution in [0.4, 0.5) is 4.39 Å². The molecule has 2 aliphatic rings. The Morgan fingerprint density at radius 2 is 1.97 bits per heavy atom. The molecule has 0 unspecified atom stereocenters. The van der Waals surface area contributed by atoms with Gasteiger partial charge in [-0.2, -0.15) is 0 Å². The van der Waals surface area contributed by atoms with Gasteiger partial charge in [-0.15, -0.1) is 0 Å². The molecule has 2 aromatic rings. The molecule has 2 heterocycles. The number of hydrogen-bond donors (Lipinski definition) is 2. The molecule has 9 nitrogen and oxygen atoms in total. The summed E-state index contributed by atoms with van der Waals surface area (Å²) in [5.41, 5.74) is 7.61. The summed E-state index contributed by atoms with van der Waals surface area (Å²) in [5.74, 6) is -2.24. The van der Waals surface area contributed by atoms with Gasteiger partial charge in [0.05, 0.1) is 19.8 Å². The zero-order chi connectivity index (χ0) is 24.9. The van der Waals surface area contributed by atoms with Crippen LogP contribution in [0.1, 0.15) is 39.9 Å². The van der Waals surface area contributed by atoms with Crippen molar-refractivity contribution in [3.05, 3.63) is 64.5 Å². The number of hydrogen-bond acceptors (Lipinski definition) is 6. The van der Waals surface area contributed by atoms with Crippen molar-refractivity contribution in [3.8, 4) is 5.75 Å². The maximum Gasteiger partial charge on any atom is 0.303 e. The highest BCUT2D eigenvalue weighted by Crippen LogP contribution is 2.33. The topological polar surface area (TPSA) is 122 Å². The number of primary amides is 1. The summed E-state index contributed by atoms with van der Waals surface area (Å²) in [4.78, 5) is 39.3. The van der Waals surface area contributed by atoms with Crippen LogP contribution in [0.5, 0.6) is 5.75 Å². The van der Waals surface area contributed by atoms with Gasteiger partial charge in [0, 0.05) is 42.7 Å². The predicted molar refractivity (Wildman–Crippen MR) is 123 cm³/mol. The number of benzene rings is 2. The maximum absolute atomic E-state index is 14.8. The minimum Gasteiger partial charge on any atom is -0.488 e. The summed E-state index contributed by atoms with van der Waals surface area (Å²) in [5, 5.41) is 8.96. The molecule has 3 N–H and O–H groups in total. The Labute approximate surface area is 202 Å². The summed E-state index contributed by atoms with van der Waals surface area (Å²) in [7, 11) is 0. The van der Waals surface area contributed by atoms with Gasteiger partial charge in [0.25, 0.3) is 5.91 Å². The first-order valence-electron chi connectivity index (χ1n) is 11.5. The van der Waals surface area contributed by atoms with Crippen LogP contribution in [-0.2, 0) is 34.0 Å². The molecule has 0 aromatic heterocycles. The molecule has 4 rings (SSSR count). The van der Waals surface area contributed by atoms with E-state index in [0.717, 1.165) is 18.7 Å². The molecule has 1 saturated heterocycles. The van der Waals surface area contributed by atoms with Crippen molar-refractivity contribution in [2.45, 2.75) is 38.6 Å². The smallest absolute Gasteiger partial charge is 0.303 e. The van der Waals surface area contributed by atoms with E-state index in [2.05, 4.69) is 4.90 Å².